The number of carbonyl (C=O) groups is 2. The number of methoxy groups -OCH3 is 1. The number of carbonyl (C=O) groups excluding carboxylic acids is 3. The maximum absolute atomic E-state index is 12.7. The van der Waals surface area contributed by atoms with Crippen LogP contribution in [0.15, 0.2) is 66.7 Å². The van der Waals surface area contributed by atoms with Crippen LogP contribution < -0.4 is 10.2 Å². The summed E-state index contributed by atoms with van der Waals surface area (Å²) >= 11 is 0. The molecule has 176 valence electrons. The van der Waals surface area contributed by atoms with Crippen molar-refractivity contribution < 1.29 is 28.7 Å². The fraction of sp³-hybridized carbons (Fsp3) is 0.259. The topological polar surface area (TPSA) is 90.9 Å². The Balaban J connectivity index is 1.75. The third kappa shape index (κ3) is 6.39. The van der Waals surface area contributed by atoms with Crippen LogP contribution in [0.1, 0.15) is 36.7 Å². The van der Waals surface area contributed by atoms with Crippen molar-refractivity contribution in [2.75, 3.05) is 13.7 Å². The van der Waals surface area contributed by atoms with Crippen molar-refractivity contribution in [1.82, 2.24) is 5.48 Å². The van der Waals surface area contributed by atoms with Gasteiger partial charge in [-0.15, -0.1) is 0 Å². The zero-order chi connectivity index (χ0) is 24.7. The summed E-state index contributed by atoms with van der Waals surface area (Å²) in [6.45, 7) is 5.19. The lowest BCUT2D eigenvalue weighted by Gasteiger charge is -2.24. The molecule has 7 nitrogen and oxygen atoms in total. The van der Waals surface area contributed by atoms with Gasteiger partial charge < -0.3 is 9.47 Å². The van der Waals surface area contributed by atoms with Gasteiger partial charge in [-0.1, -0.05) is 48.5 Å². The predicted octanol–water partition coefficient (Wildman–Crippen LogP) is 4.18. The summed E-state index contributed by atoms with van der Waals surface area (Å²) in [5.74, 6) is 1.27. The number of ketones is 1. The van der Waals surface area contributed by atoms with Crippen LogP contribution in [0.3, 0.4) is 0 Å². The fourth-order valence-electron chi connectivity index (χ4n) is 3.21. The Kier molecular flexibility index (Phi) is 7.97. The quantitative estimate of drug-likeness (QED) is 0.221. The van der Waals surface area contributed by atoms with Crippen LogP contribution in [0.2, 0.25) is 0 Å². The molecule has 3 aromatic rings. The zero-order valence-electron chi connectivity index (χ0n) is 19.6. The number of hydrogen-bond acceptors (Lipinski definition) is 7. The molecule has 3 aromatic carbocycles. The van der Waals surface area contributed by atoms with Crippen LogP contribution >= 0.6 is 0 Å². The van der Waals surface area contributed by atoms with Crippen molar-refractivity contribution in [2.24, 2.45) is 0 Å². The van der Waals surface area contributed by atoms with Crippen molar-refractivity contribution in [3.05, 3.63) is 77.9 Å². The van der Waals surface area contributed by atoms with Crippen molar-refractivity contribution >= 4 is 34.0 Å². The Bertz CT molecular complexity index is 1240. The Morgan fingerprint density at radius 3 is 2.35 bits per heavy atom. The monoisotopic (exact) mass is 461 g/mol. The average Bonchev–Trinajstić information content (AvgIpc) is 2.83. The molecule has 0 aliphatic carbocycles. The highest BCUT2D eigenvalue weighted by Gasteiger charge is 2.28. The molecule has 0 amide bonds. The number of nitrogens with one attached hydrogen (secondary N) is 1. The number of benzene rings is 3. The highest BCUT2D eigenvalue weighted by Crippen LogP contribution is 2.23. The summed E-state index contributed by atoms with van der Waals surface area (Å²) in [7, 11) is 1.22. The van der Waals surface area contributed by atoms with Crippen LogP contribution in [0.5, 0.6) is 5.75 Å². The number of ether oxygens (including phenoxy) is 2. The lowest BCUT2D eigenvalue weighted by atomic mass is 10.00. The highest BCUT2D eigenvalue weighted by atomic mass is 16.7. The molecule has 3 rings (SSSR count). The van der Waals surface area contributed by atoms with Gasteiger partial charge >= 0.3 is 5.97 Å². The van der Waals surface area contributed by atoms with Gasteiger partial charge in [0.05, 0.1) is 18.3 Å². The first-order valence-corrected chi connectivity index (χ1v) is 10.7. The molecule has 0 heterocycles. The van der Waals surface area contributed by atoms with E-state index in [9.17, 15) is 14.4 Å². The van der Waals surface area contributed by atoms with E-state index in [1.165, 1.54) is 7.11 Å². The van der Waals surface area contributed by atoms with Crippen molar-refractivity contribution in [2.45, 2.75) is 32.4 Å². The number of hydroxylamine groups is 1. The molecule has 0 aliphatic heterocycles. The van der Waals surface area contributed by atoms with Crippen molar-refractivity contribution in [1.29, 1.82) is 0 Å². The minimum Gasteiger partial charge on any atom is -0.485 e. The molecule has 0 unspecified atom stereocenters. The molecular formula is C27H27NO6. The first-order valence-electron chi connectivity index (χ1n) is 10.7. The first-order chi connectivity index (χ1) is 16.2. The van der Waals surface area contributed by atoms with E-state index in [0.29, 0.717) is 16.9 Å². The zero-order valence-corrected chi connectivity index (χ0v) is 19.6. The van der Waals surface area contributed by atoms with Gasteiger partial charge in [-0.25, -0.2) is 9.59 Å². The van der Waals surface area contributed by atoms with Crippen molar-refractivity contribution in [3.8, 4) is 5.75 Å². The Labute approximate surface area is 198 Å². The van der Waals surface area contributed by atoms with Gasteiger partial charge in [-0.2, -0.15) is 5.48 Å². The maximum atomic E-state index is 12.7. The van der Waals surface area contributed by atoms with E-state index >= 15 is 0 Å². The van der Waals surface area contributed by atoms with Gasteiger partial charge in [0.15, 0.2) is 18.4 Å². The van der Waals surface area contributed by atoms with Crippen molar-refractivity contribution in [3.63, 3.8) is 0 Å². The van der Waals surface area contributed by atoms with Crippen LogP contribution in [-0.4, -0.2) is 43.1 Å². The molecule has 0 spiro atoms. The van der Waals surface area contributed by atoms with Gasteiger partial charge in [0, 0.05) is 5.56 Å². The summed E-state index contributed by atoms with van der Waals surface area (Å²) in [4.78, 5) is 42.3. The molecule has 34 heavy (non-hydrogen) atoms. The number of esters is 1. The molecular weight excluding hydrogens is 434 g/mol. The SMILES string of the molecule is COC(=O)[C@@H](NOC(C)(C)C)C(=C=O)c1cccc(OCC(=O)c2ccc3ccccc3c2)c1. The minimum absolute atomic E-state index is 0.0117. The standard InChI is InChI=1S/C27H27NO6/c1-27(2,3)34-28-25(26(31)32-4)23(16-29)20-10-7-11-22(15-20)33-17-24(30)21-13-12-18-8-5-6-9-19(18)14-21/h5-15,25,28H,17H2,1-4H3/t25-/m0/s1. The second kappa shape index (κ2) is 10.9. The minimum atomic E-state index is -1.20. The number of Topliss-reactive ketones (excluding diaryl/α,β-unsaturated/α-hetero) is 1. The second-order valence-electron chi connectivity index (χ2n) is 8.61. The largest absolute Gasteiger partial charge is 0.485 e. The van der Waals surface area contributed by atoms with Gasteiger partial charge in [0.2, 0.25) is 0 Å². The fourth-order valence-corrected chi connectivity index (χ4v) is 3.21. The molecule has 0 saturated carbocycles. The molecule has 0 saturated heterocycles. The van der Waals surface area contributed by atoms with E-state index in [-0.39, 0.29) is 18.0 Å². The summed E-state index contributed by atoms with van der Waals surface area (Å²) in [5.41, 5.74) is 2.89. The summed E-state index contributed by atoms with van der Waals surface area (Å²) in [5, 5.41) is 2.01. The number of rotatable bonds is 9. The van der Waals surface area contributed by atoms with E-state index in [4.69, 9.17) is 14.3 Å². The van der Waals surface area contributed by atoms with Gasteiger partial charge in [-0.05, 0) is 55.3 Å². The maximum Gasteiger partial charge on any atom is 0.330 e. The third-order valence-electron chi connectivity index (χ3n) is 4.90. The van der Waals surface area contributed by atoms with E-state index in [1.54, 1.807) is 57.0 Å². The van der Waals surface area contributed by atoms with Crippen LogP contribution in [-0.2, 0) is 19.2 Å². The second-order valence-corrected chi connectivity index (χ2v) is 8.61. The molecule has 0 bridgehead atoms. The predicted molar refractivity (Wildman–Crippen MR) is 129 cm³/mol. The van der Waals surface area contributed by atoms with E-state index in [2.05, 4.69) is 5.48 Å². The Morgan fingerprint density at radius 2 is 1.68 bits per heavy atom. The Morgan fingerprint density at radius 1 is 0.941 bits per heavy atom. The summed E-state index contributed by atoms with van der Waals surface area (Å²) in [6, 6.07) is 18.6. The lowest BCUT2D eigenvalue weighted by Crippen LogP contribution is -2.43. The third-order valence-corrected chi connectivity index (χ3v) is 4.90. The van der Waals surface area contributed by atoms with Gasteiger partial charge in [-0.3, -0.25) is 9.63 Å². The normalized spacial score (nSPS) is 12.0. The number of hydrogen-bond donors (Lipinski definition) is 1. The molecule has 1 N–H and O–H groups in total. The van der Waals surface area contributed by atoms with Crippen LogP contribution in [0.25, 0.3) is 16.3 Å². The molecule has 0 radical (unpaired) electrons. The lowest BCUT2D eigenvalue weighted by molar-refractivity contribution is -0.150. The average molecular weight is 462 g/mol. The molecule has 1 atom stereocenters. The summed E-state index contributed by atoms with van der Waals surface area (Å²) in [6.07, 6.45) is 0. The Hall–Kier alpha value is -3.77. The number of fused-ring (bicyclic) bond motifs is 1. The van der Waals surface area contributed by atoms with E-state index in [0.717, 1.165) is 10.8 Å². The van der Waals surface area contributed by atoms with Gasteiger partial charge in [0.25, 0.3) is 0 Å². The first kappa shape index (κ1) is 24.9. The highest BCUT2D eigenvalue weighted by molar-refractivity contribution is 6.02. The smallest absolute Gasteiger partial charge is 0.330 e. The molecule has 0 aromatic heterocycles. The summed E-state index contributed by atoms with van der Waals surface area (Å²) < 4.78 is 10.5. The van der Waals surface area contributed by atoms with Crippen LogP contribution in [0, 0.1) is 0 Å². The van der Waals surface area contributed by atoms with Gasteiger partial charge in [0.1, 0.15) is 11.7 Å². The van der Waals surface area contributed by atoms with E-state index < -0.39 is 17.6 Å². The van der Waals surface area contributed by atoms with E-state index in [1.807, 2.05) is 36.4 Å². The van der Waals surface area contributed by atoms with Crippen LogP contribution in [0.4, 0.5) is 0 Å². The molecule has 0 fully saturated rings. The molecule has 0 aliphatic rings. The molecule has 7 heteroatoms.